The Hall–Kier alpha value is -0.240. The van der Waals surface area contributed by atoms with Crippen LogP contribution in [0.3, 0.4) is 0 Å². The van der Waals surface area contributed by atoms with Crippen molar-refractivity contribution in [1.29, 1.82) is 0 Å². The number of hydrogen-bond acceptors (Lipinski definition) is 6. The predicted octanol–water partition coefficient (Wildman–Crippen LogP) is 3.17. The molecule has 3 aliphatic rings. The normalized spacial score (nSPS) is 37.8. The minimum atomic E-state index is -0.118. The van der Waals surface area contributed by atoms with Gasteiger partial charge in [0.05, 0.1) is 50.8 Å². The van der Waals surface area contributed by atoms with Gasteiger partial charge in [0, 0.05) is 12.5 Å². The van der Waals surface area contributed by atoms with E-state index in [1.807, 2.05) is 0 Å². The lowest BCUT2D eigenvalue weighted by Crippen LogP contribution is -2.40. The fourth-order valence-electron chi connectivity index (χ4n) is 3.70. The van der Waals surface area contributed by atoms with E-state index in [9.17, 15) is 0 Å². The molecule has 0 bridgehead atoms. The van der Waals surface area contributed by atoms with Crippen LogP contribution < -0.4 is 0 Å². The fraction of sp³-hybridized carbons (Fsp3) is 1.00. The highest BCUT2D eigenvalue weighted by Gasteiger charge is 2.36. The molecule has 6 nitrogen and oxygen atoms in total. The van der Waals surface area contributed by atoms with Crippen LogP contribution in [0.1, 0.15) is 53.4 Å². The Labute approximate surface area is 164 Å². The molecular formula is C21H38O6. The van der Waals surface area contributed by atoms with Gasteiger partial charge in [-0.1, -0.05) is 20.3 Å². The second-order valence-electron chi connectivity index (χ2n) is 8.43. The Kier molecular flexibility index (Phi) is 8.36. The van der Waals surface area contributed by atoms with Gasteiger partial charge >= 0.3 is 0 Å². The van der Waals surface area contributed by atoms with E-state index in [0.29, 0.717) is 62.7 Å². The van der Waals surface area contributed by atoms with Crippen molar-refractivity contribution >= 4 is 0 Å². The van der Waals surface area contributed by atoms with Crippen molar-refractivity contribution in [2.45, 2.75) is 90.2 Å². The summed E-state index contributed by atoms with van der Waals surface area (Å²) in [4.78, 5) is 0. The lowest BCUT2D eigenvalue weighted by molar-refractivity contribution is -0.245. The summed E-state index contributed by atoms with van der Waals surface area (Å²) >= 11 is 0. The summed E-state index contributed by atoms with van der Waals surface area (Å²) in [6.45, 7) is 11.8. The molecule has 0 radical (unpaired) electrons. The Morgan fingerprint density at radius 2 is 1.67 bits per heavy atom. The summed E-state index contributed by atoms with van der Waals surface area (Å²) in [7, 11) is 0. The minimum absolute atomic E-state index is 0.00604. The Morgan fingerprint density at radius 3 is 2.26 bits per heavy atom. The van der Waals surface area contributed by atoms with Gasteiger partial charge in [-0.25, -0.2) is 0 Å². The van der Waals surface area contributed by atoms with Gasteiger partial charge in [0.2, 0.25) is 0 Å². The van der Waals surface area contributed by atoms with E-state index in [1.54, 1.807) is 0 Å². The Bertz CT molecular complexity index is 425. The zero-order chi connectivity index (χ0) is 19.2. The van der Waals surface area contributed by atoms with Crippen molar-refractivity contribution < 1.29 is 28.4 Å². The van der Waals surface area contributed by atoms with Crippen molar-refractivity contribution in [2.75, 3.05) is 33.0 Å². The van der Waals surface area contributed by atoms with Crippen LogP contribution in [-0.4, -0.2) is 69.8 Å². The summed E-state index contributed by atoms with van der Waals surface area (Å²) in [5, 5.41) is 0. The van der Waals surface area contributed by atoms with E-state index >= 15 is 0 Å². The molecule has 6 unspecified atom stereocenters. The zero-order valence-corrected chi connectivity index (χ0v) is 17.4. The van der Waals surface area contributed by atoms with E-state index in [-0.39, 0.29) is 12.4 Å². The van der Waals surface area contributed by atoms with E-state index in [0.717, 1.165) is 32.3 Å². The quantitative estimate of drug-likeness (QED) is 0.358. The predicted molar refractivity (Wildman–Crippen MR) is 102 cm³/mol. The van der Waals surface area contributed by atoms with Crippen LogP contribution in [0.5, 0.6) is 0 Å². The monoisotopic (exact) mass is 386 g/mol. The molecule has 0 aliphatic carbocycles. The molecule has 0 spiro atoms. The van der Waals surface area contributed by atoms with E-state index in [4.69, 9.17) is 28.4 Å². The lowest BCUT2D eigenvalue weighted by atomic mass is 10.0. The molecular weight excluding hydrogens is 348 g/mol. The molecule has 3 aliphatic heterocycles. The van der Waals surface area contributed by atoms with Crippen LogP contribution in [0.2, 0.25) is 0 Å². The third kappa shape index (κ3) is 7.26. The molecule has 0 saturated carbocycles. The Balaban J connectivity index is 1.18. The van der Waals surface area contributed by atoms with Crippen LogP contribution in [0.4, 0.5) is 0 Å². The van der Waals surface area contributed by atoms with Gasteiger partial charge in [-0.3, -0.25) is 0 Å². The van der Waals surface area contributed by atoms with Gasteiger partial charge in [-0.2, -0.15) is 0 Å². The van der Waals surface area contributed by atoms with Crippen molar-refractivity contribution in [3.63, 3.8) is 0 Å². The molecule has 0 N–H and O–H groups in total. The van der Waals surface area contributed by atoms with Gasteiger partial charge in [0.1, 0.15) is 6.10 Å². The summed E-state index contributed by atoms with van der Waals surface area (Å²) in [6.07, 6.45) is 6.04. The molecule has 3 saturated heterocycles. The highest BCUT2D eigenvalue weighted by molar-refractivity contribution is 4.83. The first-order valence-corrected chi connectivity index (χ1v) is 10.8. The van der Waals surface area contributed by atoms with Crippen LogP contribution in [0, 0.1) is 11.8 Å². The molecule has 6 atom stereocenters. The van der Waals surface area contributed by atoms with Crippen LogP contribution in [0.15, 0.2) is 0 Å². The summed E-state index contributed by atoms with van der Waals surface area (Å²) in [6, 6.07) is 0. The molecule has 0 amide bonds. The largest absolute Gasteiger partial charge is 0.379 e. The molecule has 6 heteroatoms. The molecule has 0 aromatic heterocycles. The van der Waals surface area contributed by atoms with Crippen LogP contribution >= 0.6 is 0 Å². The molecule has 3 fully saturated rings. The Morgan fingerprint density at radius 1 is 1.00 bits per heavy atom. The highest BCUT2D eigenvalue weighted by Crippen LogP contribution is 2.30. The SMILES string of the molecule is CCC(COCCOC1COC(C(C)CCC2OC2C)OC1)CC1OC1C. The van der Waals surface area contributed by atoms with Crippen molar-refractivity contribution in [2.24, 2.45) is 11.8 Å². The number of epoxide rings is 2. The van der Waals surface area contributed by atoms with Crippen molar-refractivity contribution in [3.8, 4) is 0 Å². The topological polar surface area (TPSA) is 62.0 Å². The molecule has 27 heavy (non-hydrogen) atoms. The average Bonchev–Trinajstić information content (AvgIpc) is 3.57. The second kappa shape index (κ2) is 10.5. The fourth-order valence-corrected chi connectivity index (χ4v) is 3.70. The maximum absolute atomic E-state index is 5.86. The minimum Gasteiger partial charge on any atom is -0.379 e. The first kappa shape index (κ1) is 21.5. The molecule has 0 aromatic carbocycles. The maximum atomic E-state index is 5.86. The number of hydrogen-bond donors (Lipinski definition) is 0. The van der Waals surface area contributed by atoms with Crippen LogP contribution in [-0.2, 0) is 28.4 Å². The number of ether oxygens (including phenoxy) is 6. The third-order valence-corrected chi connectivity index (χ3v) is 6.01. The molecule has 0 aromatic rings. The van der Waals surface area contributed by atoms with Gasteiger partial charge in [0.15, 0.2) is 6.29 Å². The summed E-state index contributed by atoms with van der Waals surface area (Å²) < 4.78 is 34.3. The zero-order valence-electron chi connectivity index (χ0n) is 17.4. The highest BCUT2D eigenvalue weighted by atomic mass is 16.7. The molecule has 3 rings (SSSR count). The smallest absolute Gasteiger partial charge is 0.160 e. The summed E-state index contributed by atoms with van der Waals surface area (Å²) in [5.74, 6) is 0.961. The first-order chi connectivity index (χ1) is 13.1. The summed E-state index contributed by atoms with van der Waals surface area (Å²) in [5.41, 5.74) is 0. The van der Waals surface area contributed by atoms with E-state index in [1.165, 1.54) is 0 Å². The maximum Gasteiger partial charge on any atom is 0.160 e. The number of rotatable bonds is 13. The standard InChI is InChI=1S/C21H38O6/c1-5-17(10-20-16(4)27-20)11-22-8-9-23-18-12-24-21(25-13-18)14(2)6-7-19-15(3)26-19/h14-21H,5-13H2,1-4H3. The third-order valence-electron chi connectivity index (χ3n) is 6.01. The van der Waals surface area contributed by atoms with Gasteiger partial charge < -0.3 is 28.4 Å². The molecule has 3 heterocycles. The van der Waals surface area contributed by atoms with E-state index in [2.05, 4.69) is 27.7 Å². The van der Waals surface area contributed by atoms with Crippen molar-refractivity contribution in [1.82, 2.24) is 0 Å². The molecule has 158 valence electrons. The van der Waals surface area contributed by atoms with Crippen LogP contribution in [0.25, 0.3) is 0 Å². The second-order valence-corrected chi connectivity index (χ2v) is 8.43. The van der Waals surface area contributed by atoms with E-state index < -0.39 is 0 Å². The first-order valence-electron chi connectivity index (χ1n) is 10.8. The van der Waals surface area contributed by atoms with Gasteiger partial charge in [0.25, 0.3) is 0 Å². The average molecular weight is 387 g/mol. The van der Waals surface area contributed by atoms with Crippen molar-refractivity contribution in [3.05, 3.63) is 0 Å². The lowest BCUT2D eigenvalue weighted by Gasteiger charge is -2.32. The van der Waals surface area contributed by atoms with Gasteiger partial charge in [-0.15, -0.1) is 0 Å². The van der Waals surface area contributed by atoms with Gasteiger partial charge in [-0.05, 0) is 39.0 Å².